The Morgan fingerprint density at radius 2 is 2.17 bits per heavy atom. The van der Waals surface area contributed by atoms with Crippen molar-refractivity contribution in [2.75, 3.05) is 5.73 Å². The van der Waals surface area contributed by atoms with Crippen LogP contribution in [0, 0.1) is 17.0 Å². The van der Waals surface area contributed by atoms with E-state index in [0.717, 1.165) is 5.56 Å². The zero-order chi connectivity index (χ0) is 9.30. The Kier molecular flexibility index (Phi) is 2.19. The van der Waals surface area contributed by atoms with Crippen molar-refractivity contribution in [2.24, 2.45) is 0 Å². The highest BCUT2D eigenvalue weighted by Crippen LogP contribution is 2.28. The van der Waals surface area contributed by atoms with Crippen LogP contribution in [0.4, 0.5) is 11.4 Å². The average molecular weight is 187 g/mol. The number of nitrogens with two attached hydrogens (primary N) is 1. The lowest BCUT2D eigenvalue weighted by Crippen LogP contribution is -1.96. The van der Waals surface area contributed by atoms with Gasteiger partial charge in [0, 0.05) is 6.07 Å². The molecule has 12 heavy (non-hydrogen) atoms. The summed E-state index contributed by atoms with van der Waals surface area (Å²) in [6, 6.07) is 2.74. The number of hydrogen-bond acceptors (Lipinski definition) is 3. The number of benzene rings is 1. The first kappa shape index (κ1) is 8.80. The highest BCUT2D eigenvalue weighted by Gasteiger charge is 2.12. The van der Waals surface area contributed by atoms with E-state index in [0.29, 0.717) is 5.02 Å². The van der Waals surface area contributed by atoms with E-state index >= 15 is 0 Å². The van der Waals surface area contributed by atoms with Crippen LogP contribution in [0.3, 0.4) is 0 Å². The Bertz CT molecular complexity index is 338. The summed E-state index contributed by atoms with van der Waals surface area (Å²) < 4.78 is 0. The molecule has 0 aliphatic heterocycles. The maximum atomic E-state index is 10.4. The van der Waals surface area contributed by atoms with E-state index in [9.17, 15) is 10.1 Å². The number of nitrogen functional groups attached to an aromatic ring is 1. The first-order chi connectivity index (χ1) is 5.52. The van der Waals surface area contributed by atoms with Gasteiger partial charge < -0.3 is 5.73 Å². The number of nitro groups is 1. The number of anilines is 1. The normalized spacial score (nSPS) is 9.83. The first-order valence-corrected chi connectivity index (χ1v) is 3.60. The van der Waals surface area contributed by atoms with Gasteiger partial charge in [0.2, 0.25) is 0 Å². The fourth-order valence-corrected chi connectivity index (χ4v) is 1.01. The molecule has 0 unspecified atom stereocenters. The molecule has 5 heteroatoms. The van der Waals surface area contributed by atoms with Crippen LogP contribution in [0.2, 0.25) is 5.02 Å². The molecule has 1 aromatic carbocycles. The lowest BCUT2D eigenvalue weighted by atomic mass is 10.2. The third-order valence-corrected chi connectivity index (χ3v) is 1.91. The Morgan fingerprint density at radius 3 is 2.67 bits per heavy atom. The van der Waals surface area contributed by atoms with E-state index in [1.807, 2.05) is 0 Å². The smallest absolute Gasteiger partial charge is 0.293 e. The summed E-state index contributed by atoms with van der Waals surface area (Å²) >= 11 is 5.67. The largest absolute Gasteiger partial charge is 0.393 e. The molecule has 64 valence electrons. The van der Waals surface area contributed by atoms with Crippen molar-refractivity contribution in [3.8, 4) is 0 Å². The van der Waals surface area contributed by atoms with Crippen molar-refractivity contribution >= 4 is 23.0 Å². The van der Waals surface area contributed by atoms with Crippen LogP contribution in [-0.4, -0.2) is 4.92 Å². The molecule has 2 N–H and O–H groups in total. The van der Waals surface area contributed by atoms with Gasteiger partial charge in [-0.05, 0) is 18.6 Å². The molecule has 0 aliphatic rings. The SMILES string of the molecule is Cc1cc(N)c([N+](=O)[O-])cc1Cl. The quantitative estimate of drug-likeness (QED) is 0.415. The van der Waals surface area contributed by atoms with Crippen molar-refractivity contribution in [1.82, 2.24) is 0 Å². The molecule has 0 radical (unpaired) electrons. The molecule has 1 aromatic rings. The van der Waals surface area contributed by atoms with Crippen LogP contribution < -0.4 is 5.73 Å². The van der Waals surface area contributed by atoms with Crippen LogP contribution in [0.25, 0.3) is 0 Å². The summed E-state index contributed by atoms with van der Waals surface area (Å²) in [6.45, 7) is 1.74. The van der Waals surface area contributed by atoms with Crippen LogP contribution in [0.15, 0.2) is 12.1 Å². The molecule has 0 aliphatic carbocycles. The average Bonchev–Trinajstić information content (AvgIpc) is 1.96. The minimum atomic E-state index is -0.555. The van der Waals surface area contributed by atoms with E-state index < -0.39 is 4.92 Å². The van der Waals surface area contributed by atoms with Crippen LogP contribution >= 0.6 is 11.6 Å². The van der Waals surface area contributed by atoms with Gasteiger partial charge in [0.25, 0.3) is 5.69 Å². The van der Waals surface area contributed by atoms with Crippen molar-refractivity contribution in [2.45, 2.75) is 6.92 Å². The summed E-state index contributed by atoms with van der Waals surface area (Å²) in [5, 5.41) is 10.7. The number of halogens is 1. The second-order valence-electron chi connectivity index (χ2n) is 2.42. The van der Waals surface area contributed by atoms with Gasteiger partial charge >= 0.3 is 0 Å². The zero-order valence-electron chi connectivity index (χ0n) is 6.37. The van der Waals surface area contributed by atoms with Crippen molar-refractivity contribution in [1.29, 1.82) is 0 Å². The summed E-state index contributed by atoms with van der Waals surface area (Å²) in [4.78, 5) is 9.80. The van der Waals surface area contributed by atoms with Gasteiger partial charge in [-0.1, -0.05) is 11.6 Å². The second-order valence-corrected chi connectivity index (χ2v) is 2.82. The number of rotatable bonds is 1. The van der Waals surface area contributed by atoms with Gasteiger partial charge in [-0.3, -0.25) is 10.1 Å². The standard InChI is InChI=1S/C7H7ClN2O2/c1-4-2-6(9)7(10(11)12)3-5(4)8/h2-3H,9H2,1H3. The van der Waals surface area contributed by atoms with Crippen LogP contribution in [0.1, 0.15) is 5.56 Å². The van der Waals surface area contributed by atoms with Gasteiger partial charge in [-0.15, -0.1) is 0 Å². The van der Waals surface area contributed by atoms with E-state index in [4.69, 9.17) is 17.3 Å². The monoisotopic (exact) mass is 186 g/mol. The molecule has 0 spiro atoms. The Balaban J connectivity index is 3.33. The van der Waals surface area contributed by atoms with Crippen molar-refractivity contribution in [3.63, 3.8) is 0 Å². The van der Waals surface area contributed by atoms with Gasteiger partial charge in [0.05, 0.1) is 9.95 Å². The van der Waals surface area contributed by atoms with Crippen LogP contribution in [0.5, 0.6) is 0 Å². The molecule has 0 heterocycles. The Labute approximate surface area is 74.1 Å². The second kappa shape index (κ2) is 2.98. The molecule has 0 atom stereocenters. The fraction of sp³-hybridized carbons (Fsp3) is 0.143. The maximum Gasteiger partial charge on any atom is 0.293 e. The number of hydrogen-bond donors (Lipinski definition) is 1. The molecule has 0 saturated carbocycles. The zero-order valence-corrected chi connectivity index (χ0v) is 7.13. The van der Waals surface area contributed by atoms with Gasteiger partial charge in [0.1, 0.15) is 5.69 Å². The molecule has 0 aromatic heterocycles. The summed E-state index contributed by atoms with van der Waals surface area (Å²) in [6.07, 6.45) is 0. The van der Waals surface area contributed by atoms with Gasteiger partial charge in [-0.25, -0.2) is 0 Å². The fourth-order valence-electron chi connectivity index (χ4n) is 0.851. The topological polar surface area (TPSA) is 69.2 Å². The molecule has 4 nitrogen and oxygen atoms in total. The van der Waals surface area contributed by atoms with E-state index in [1.165, 1.54) is 12.1 Å². The number of nitro benzene ring substituents is 1. The lowest BCUT2D eigenvalue weighted by molar-refractivity contribution is -0.383. The third-order valence-electron chi connectivity index (χ3n) is 1.50. The van der Waals surface area contributed by atoms with Crippen molar-refractivity contribution in [3.05, 3.63) is 32.8 Å². The third kappa shape index (κ3) is 1.48. The summed E-state index contributed by atoms with van der Waals surface area (Å²) in [5.74, 6) is 0. The lowest BCUT2D eigenvalue weighted by Gasteiger charge is -2.00. The number of nitrogens with zero attached hydrogens (tertiary/aromatic N) is 1. The first-order valence-electron chi connectivity index (χ1n) is 3.22. The molecular weight excluding hydrogens is 180 g/mol. The predicted molar refractivity (Wildman–Crippen MR) is 47.3 cm³/mol. The Hall–Kier alpha value is -1.29. The maximum absolute atomic E-state index is 10.4. The molecule has 0 bridgehead atoms. The highest BCUT2D eigenvalue weighted by atomic mass is 35.5. The van der Waals surface area contributed by atoms with E-state index in [-0.39, 0.29) is 11.4 Å². The Morgan fingerprint density at radius 1 is 1.58 bits per heavy atom. The highest BCUT2D eigenvalue weighted by molar-refractivity contribution is 6.31. The summed E-state index contributed by atoms with van der Waals surface area (Å²) in [5.41, 5.74) is 6.12. The minimum Gasteiger partial charge on any atom is -0.393 e. The molecule has 0 amide bonds. The molecule has 1 rings (SSSR count). The summed E-state index contributed by atoms with van der Waals surface area (Å²) in [7, 11) is 0. The molecule has 0 saturated heterocycles. The molecule has 0 fully saturated rings. The van der Waals surface area contributed by atoms with Gasteiger partial charge in [0.15, 0.2) is 0 Å². The van der Waals surface area contributed by atoms with E-state index in [2.05, 4.69) is 0 Å². The van der Waals surface area contributed by atoms with E-state index in [1.54, 1.807) is 6.92 Å². The number of aryl methyl sites for hydroxylation is 1. The molecular formula is C7H7ClN2O2. The predicted octanol–water partition coefficient (Wildman–Crippen LogP) is 2.14. The van der Waals surface area contributed by atoms with Gasteiger partial charge in [-0.2, -0.15) is 0 Å². The van der Waals surface area contributed by atoms with Crippen LogP contribution in [-0.2, 0) is 0 Å². The minimum absolute atomic E-state index is 0.141. The van der Waals surface area contributed by atoms with Crippen molar-refractivity contribution < 1.29 is 4.92 Å².